The van der Waals surface area contributed by atoms with E-state index in [4.69, 9.17) is 9.84 Å². The number of hydrogen-bond acceptors (Lipinski definition) is 5. The largest absolute Gasteiger partial charge is 0.489 e. The van der Waals surface area contributed by atoms with Gasteiger partial charge < -0.3 is 9.84 Å². The molecule has 0 radical (unpaired) electrons. The zero-order chi connectivity index (χ0) is 24.2. The summed E-state index contributed by atoms with van der Waals surface area (Å²) in [6.07, 6.45) is 1.62. The van der Waals surface area contributed by atoms with Crippen molar-refractivity contribution in [1.29, 1.82) is 0 Å². The molecule has 4 aromatic rings. The molecule has 7 nitrogen and oxygen atoms in total. The molecule has 3 aromatic carbocycles. The second-order valence-corrected chi connectivity index (χ2v) is 8.92. The minimum atomic E-state index is -0.958. The van der Waals surface area contributed by atoms with E-state index in [1.807, 2.05) is 50.2 Å². The molecule has 1 aromatic heterocycles. The molecule has 0 saturated heterocycles. The molecule has 0 aliphatic carbocycles. The maximum absolute atomic E-state index is 13.1. The van der Waals surface area contributed by atoms with E-state index in [1.54, 1.807) is 36.5 Å². The molecule has 0 spiro atoms. The van der Waals surface area contributed by atoms with Gasteiger partial charge in [-0.1, -0.05) is 41.9 Å². The Hall–Kier alpha value is -3.78. The summed E-state index contributed by atoms with van der Waals surface area (Å²) in [6.45, 7) is 4.26. The van der Waals surface area contributed by atoms with Gasteiger partial charge in [-0.2, -0.15) is 9.78 Å². The van der Waals surface area contributed by atoms with Crippen molar-refractivity contribution >= 4 is 39.0 Å². The van der Waals surface area contributed by atoms with Crippen molar-refractivity contribution in [1.82, 2.24) is 9.66 Å². The van der Waals surface area contributed by atoms with E-state index < -0.39 is 5.97 Å². The van der Waals surface area contributed by atoms with Crippen LogP contribution in [0.5, 0.6) is 5.75 Å². The van der Waals surface area contributed by atoms with Crippen molar-refractivity contribution in [3.63, 3.8) is 0 Å². The Morgan fingerprint density at radius 3 is 2.47 bits per heavy atom. The van der Waals surface area contributed by atoms with Crippen LogP contribution in [0.25, 0.3) is 10.9 Å². The SMILES string of the molecule is CC(C)c1nc2ccc(Br)cc2c(=O)n1N=Cc1ccc(OCc2ccc(C(=O)O)cc2)cc1. The Balaban J connectivity index is 1.52. The van der Waals surface area contributed by atoms with E-state index in [1.165, 1.54) is 4.68 Å². The highest BCUT2D eigenvalue weighted by Crippen LogP contribution is 2.19. The fourth-order valence-corrected chi connectivity index (χ4v) is 3.70. The van der Waals surface area contributed by atoms with Crippen molar-refractivity contribution in [2.75, 3.05) is 0 Å². The van der Waals surface area contributed by atoms with Crippen LogP contribution in [0.2, 0.25) is 0 Å². The lowest BCUT2D eigenvalue weighted by molar-refractivity contribution is 0.0697. The molecule has 0 fully saturated rings. The van der Waals surface area contributed by atoms with Crippen LogP contribution in [0.3, 0.4) is 0 Å². The van der Waals surface area contributed by atoms with Gasteiger partial charge in [0.25, 0.3) is 5.56 Å². The number of nitrogens with zero attached hydrogens (tertiary/aromatic N) is 3. The molecule has 1 N–H and O–H groups in total. The molecule has 0 atom stereocenters. The molecule has 0 unspecified atom stereocenters. The number of ether oxygens (including phenoxy) is 1. The number of benzene rings is 3. The quantitative estimate of drug-likeness (QED) is 0.328. The highest BCUT2D eigenvalue weighted by Gasteiger charge is 2.13. The predicted octanol–water partition coefficient (Wildman–Crippen LogP) is 5.44. The first-order valence-electron chi connectivity index (χ1n) is 10.6. The van der Waals surface area contributed by atoms with Crippen LogP contribution >= 0.6 is 15.9 Å². The minimum Gasteiger partial charge on any atom is -0.489 e. The fraction of sp³-hybridized carbons (Fsp3) is 0.154. The number of halogens is 1. The highest BCUT2D eigenvalue weighted by atomic mass is 79.9. The molecule has 8 heteroatoms. The third-order valence-corrected chi connectivity index (χ3v) is 5.65. The molecule has 0 aliphatic rings. The molecular weight excluding hydrogens is 498 g/mol. The average molecular weight is 520 g/mol. The number of rotatable bonds is 7. The summed E-state index contributed by atoms with van der Waals surface area (Å²) >= 11 is 3.41. The highest BCUT2D eigenvalue weighted by molar-refractivity contribution is 9.10. The molecule has 172 valence electrons. The first-order valence-corrected chi connectivity index (χ1v) is 11.4. The molecule has 0 amide bonds. The lowest BCUT2D eigenvalue weighted by Gasteiger charge is -2.12. The van der Waals surface area contributed by atoms with Crippen molar-refractivity contribution in [3.8, 4) is 5.75 Å². The van der Waals surface area contributed by atoms with Gasteiger partial charge in [0.15, 0.2) is 0 Å². The van der Waals surface area contributed by atoms with Crippen molar-refractivity contribution < 1.29 is 14.6 Å². The van der Waals surface area contributed by atoms with Gasteiger partial charge in [0.2, 0.25) is 0 Å². The van der Waals surface area contributed by atoms with Gasteiger partial charge in [-0.05, 0) is 65.7 Å². The Morgan fingerprint density at radius 2 is 1.82 bits per heavy atom. The minimum absolute atomic E-state index is 0.0123. The Labute approximate surface area is 204 Å². The Morgan fingerprint density at radius 1 is 1.12 bits per heavy atom. The molecule has 4 rings (SSSR count). The van der Waals surface area contributed by atoms with E-state index in [9.17, 15) is 9.59 Å². The number of carboxylic acid groups (broad SMARTS) is 1. The summed E-state index contributed by atoms with van der Waals surface area (Å²) in [5, 5.41) is 13.9. The van der Waals surface area contributed by atoms with Crippen LogP contribution in [0.15, 0.2) is 81.1 Å². The third kappa shape index (κ3) is 5.23. The molecule has 1 heterocycles. The van der Waals surface area contributed by atoms with Gasteiger partial charge >= 0.3 is 5.97 Å². The van der Waals surface area contributed by atoms with Crippen molar-refractivity contribution in [2.45, 2.75) is 26.4 Å². The average Bonchev–Trinajstić information content (AvgIpc) is 2.83. The van der Waals surface area contributed by atoms with Gasteiger partial charge in [0.05, 0.1) is 22.7 Å². The van der Waals surface area contributed by atoms with Gasteiger partial charge in [-0.15, -0.1) is 0 Å². The first kappa shape index (κ1) is 23.4. The molecule has 34 heavy (non-hydrogen) atoms. The maximum atomic E-state index is 13.1. The summed E-state index contributed by atoms with van der Waals surface area (Å²) in [7, 11) is 0. The van der Waals surface area contributed by atoms with Gasteiger partial charge in [0.1, 0.15) is 18.2 Å². The van der Waals surface area contributed by atoms with E-state index in [0.717, 1.165) is 15.6 Å². The van der Waals surface area contributed by atoms with E-state index in [2.05, 4.69) is 26.0 Å². The lowest BCUT2D eigenvalue weighted by atomic mass is 10.1. The normalized spacial score (nSPS) is 11.4. The second kappa shape index (κ2) is 10.0. The smallest absolute Gasteiger partial charge is 0.335 e. The van der Waals surface area contributed by atoms with Crippen LogP contribution in [-0.2, 0) is 6.61 Å². The van der Waals surface area contributed by atoms with Crippen molar-refractivity contribution in [2.24, 2.45) is 5.10 Å². The van der Waals surface area contributed by atoms with Crippen LogP contribution in [0, 0.1) is 0 Å². The number of aromatic nitrogens is 2. The number of carboxylic acids is 1. The topological polar surface area (TPSA) is 93.8 Å². The van der Waals surface area contributed by atoms with Crippen molar-refractivity contribution in [3.05, 3.63) is 104 Å². The summed E-state index contributed by atoms with van der Waals surface area (Å²) in [6, 6.07) is 19.3. The molecular formula is C26H22BrN3O4. The number of aromatic carboxylic acids is 1. The number of fused-ring (bicyclic) bond motifs is 1. The fourth-order valence-electron chi connectivity index (χ4n) is 3.34. The van der Waals surface area contributed by atoms with Gasteiger partial charge in [-0.25, -0.2) is 9.78 Å². The second-order valence-electron chi connectivity index (χ2n) is 8.01. The van der Waals surface area contributed by atoms with E-state index >= 15 is 0 Å². The van der Waals surface area contributed by atoms with Crippen LogP contribution < -0.4 is 10.3 Å². The summed E-state index contributed by atoms with van der Waals surface area (Å²) < 4.78 is 7.94. The lowest BCUT2D eigenvalue weighted by Crippen LogP contribution is -2.23. The number of carbonyl (C=O) groups is 1. The first-order chi connectivity index (χ1) is 16.3. The van der Waals surface area contributed by atoms with Gasteiger partial charge in [-0.3, -0.25) is 4.79 Å². The Kier molecular flexibility index (Phi) is 6.88. The van der Waals surface area contributed by atoms with E-state index in [0.29, 0.717) is 29.1 Å². The third-order valence-electron chi connectivity index (χ3n) is 5.16. The summed E-state index contributed by atoms with van der Waals surface area (Å²) in [5.74, 6) is 0.305. The summed E-state index contributed by atoms with van der Waals surface area (Å²) in [4.78, 5) is 28.7. The number of hydrogen-bond donors (Lipinski definition) is 1. The molecule has 0 saturated carbocycles. The monoisotopic (exact) mass is 519 g/mol. The Bertz CT molecular complexity index is 1430. The molecule has 0 aliphatic heterocycles. The van der Waals surface area contributed by atoms with Crippen LogP contribution in [0.4, 0.5) is 0 Å². The standard InChI is InChI=1S/C26H22BrN3O4/c1-16(2)24-29-23-12-9-20(27)13-22(23)25(31)30(24)28-14-17-5-10-21(11-6-17)34-15-18-3-7-19(8-4-18)26(32)33/h3-14,16H,15H2,1-2H3,(H,32,33). The van der Waals surface area contributed by atoms with Gasteiger partial charge in [0, 0.05) is 10.4 Å². The summed E-state index contributed by atoms with van der Waals surface area (Å²) in [5.41, 5.74) is 2.32. The van der Waals surface area contributed by atoms with E-state index in [-0.39, 0.29) is 17.0 Å². The maximum Gasteiger partial charge on any atom is 0.335 e. The zero-order valence-corrected chi connectivity index (χ0v) is 20.2. The zero-order valence-electron chi connectivity index (χ0n) is 18.6. The van der Waals surface area contributed by atoms with Crippen LogP contribution in [-0.4, -0.2) is 27.0 Å². The van der Waals surface area contributed by atoms with Crippen LogP contribution in [0.1, 0.15) is 47.1 Å². The predicted molar refractivity (Wildman–Crippen MR) is 135 cm³/mol. The molecule has 0 bridgehead atoms.